The fourth-order valence-electron chi connectivity index (χ4n) is 3.00. The van der Waals surface area contributed by atoms with Crippen LogP contribution in [0, 0.1) is 11.8 Å². The Hall–Kier alpha value is -2.08. The normalized spacial score (nSPS) is 18.8. The highest BCUT2D eigenvalue weighted by Crippen LogP contribution is 2.27. The van der Waals surface area contributed by atoms with Gasteiger partial charge in [0, 0.05) is 31.2 Å². The van der Waals surface area contributed by atoms with Gasteiger partial charge in [0.25, 0.3) is 0 Å². The number of ether oxygens (including phenoxy) is 1. The minimum absolute atomic E-state index is 0.0338. The predicted octanol–water partition coefficient (Wildman–Crippen LogP) is 1.54. The van der Waals surface area contributed by atoms with E-state index >= 15 is 0 Å². The first-order valence-electron chi connectivity index (χ1n) is 8.39. The predicted molar refractivity (Wildman–Crippen MR) is 93.9 cm³/mol. The average Bonchev–Trinajstić information content (AvgIpc) is 2.95. The molecule has 2 amide bonds. The topological polar surface area (TPSA) is 84.7 Å². The molecule has 1 aliphatic heterocycles. The molecule has 0 saturated carbocycles. The van der Waals surface area contributed by atoms with Gasteiger partial charge in [0.15, 0.2) is 0 Å². The van der Waals surface area contributed by atoms with Gasteiger partial charge in [0.05, 0.1) is 13.0 Å². The van der Waals surface area contributed by atoms with Crippen LogP contribution in [0.3, 0.4) is 0 Å². The van der Waals surface area contributed by atoms with Gasteiger partial charge in [-0.2, -0.15) is 0 Å². The Kier molecular flexibility index (Phi) is 6.20. The Balaban J connectivity index is 1.98. The van der Waals surface area contributed by atoms with E-state index in [0.29, 0.717) is 19.0 Å². The Morgan fingerprint density at radius 2 is 2.04 bits per heavy atom. The van der Waals surface area contributed by atoms with E-state index in [9.17, 15) is 9.59 Å². The maximum atomic E-state index is 12.5. The number of nitrogens with zero attached hydrogens (tertiary/aromatic N) is 1. The second-order valence-electron chi connectivity index (χ2n) is 6.67. The van der Waals surface area contributed by atoms with Gasteiger partial charge in [-0.3, -0.25) is 9.59 Å². The Morgan fingerprint density at radius 1 is 1.38 bits per heavy atom. The zero-order chi connectivity index (χ0) is 17.7. The van der Waals surface area contributed by atoms with Crippen molar-refractivity contribution in [2.24, 2.45) is 17.6 Å². The molecule has 132 valence electrons. The fourth-order valence-corrected chi connectivity index (χ4v) is 3.00. The summed E-state index contributed by atoms with van der Waals surface area (Å²) in [6.07, 6.45) is 1.07. The number of nitrogens with two attached hydrogens (primary N) is 1. The lowest BCUT2D eigenvalue weighted by atomic mass is 10.0. The van der Waals surface area contributed by atoms with Crippen molar-refractivity contribution in [1.82, 2.24) is 5.32 Å². The van der Waals surface area contributed by atoms with Gasteiger partial charge in [-0.1, -0.05) is 13.8 Å². The van der Waals surface area contributed by atoms with Crippen LogP contribution in [0.25, 0.3) is 0 Å². The van der Waals surface area contributed by atoms with E-state index in [4.69, 9.17) is 10.5 Å². The maximum Gasteiger partial charge on any atom is 0.227 e. The summed E-state index contributed by atoms with van der Waals surface area (Å²) in [6, 6.07) is 7.24. The number of benzene rings is 1. The van der Waals surface area contributed by atoms with Crippen LogP contribution in [0.15, 0.2) is 24.3 Å². The number of anilines is 1. The standard InChI is InChI=1S/C18H27N3O3/c1-12(2)8-14(10-19)20-18(23)13-9-17(22)21(11-13)15-4-6-16(24-3)7-5-15/h4-7,12-14H,8-11,19H2,1-3H3,(H,20,23). The van der Waals surface area contributed by atoms with E-state index in [1.807, 2.05) is 24.3 Å². The molecule has 1 saturated heterocycles. The van der Waals surface area contributed by atoms with Gasteiger partial charge >= 0.3 is 0 Å². The lowest BCUT2D eigenvalue weighted by Crippen LogP contribution is -2.44. The lowest BCUT2D eigenvalue weighted by Gasteiger charge is -2.21. The van der Waals surface area contributed by atoms with Crippen molar-refractivity contribution >= 4 is 17.5 Å². The first kappa shape index (κ1) is 18.3. The summed E-state index contributed by atoms with van der Waals surface area (Å²) in [5.74, 6) is 0.740. The van der Waals surface area contributed by atoms with Gasteiger partial charge in [-0.15, -0.1) is 0 Å². The molecule has 0 radical (unpaired) electrons. The van der Waals surface area contributed by atoms with Gasteiger partial charge in [-0.05, 0) is 36.6 Å². The van der Waals surface area contributed by atoms with Gasteiger partial charge in [0.1, 0.15) is 5.75 Å². The summed E-state index contributed by atoms with van der Waals surface area (Å²) in [5.41, 5.74) is 6.52. The van der Waals surface area contributed by atoms with Crippen LogP contribution < -0.4 is 20.7 Å². The third kappa shape index (κ3) is 4.47. The van der Waals surface area contributed by atoms with Crippen molar-refractivity contribution < 1.29 is 14.3 Å². The smallest absolute Gasteiger partial charge is 0.227 e. The molecule has 0 bridgehead atoms. The molecule has 24 heavy (non-hydrogen) atoms. The summed E-state index contributed by atoms with van der Waals surface area (Å²) in [5, 5.41) is 2.99. The van der Waals surface area contributed by atoms with Crippen LogP contribution in [0.4, 0.5) is 5.69 Å². The molecule has 6 nitrogen and oxygen atoms in total. The van der Waals surface area contributed by atoms with Crippen LogP contribution in [0.1, 0.15) is 26.7 Å². The number of rotatable bonds is 7. The van der Waals surface area contributed by atoms with Crippen LogP contribution in [-0.4, -0.2) is 38.1 Å². The molecule has 2 rings (SSSR count). The van der Waals surface area contributed by atoms with E-state index in [1.54, 1.807) is 12.0 Å². The molecule has 0 spiro atoms. The van der Waals surface area contributed by atoms with E-state index in [-0.39, 0.29) is 30.2 Å². The number of nitrogens with one attached hydrogen (secondary N) is 1. The molecule has 0 aromatic heterocycles. The van der Waals surface area contributed by atoms with Crippen molar-refractivity contribution in [2.45, 2.75) is 32.7 Å². The molecule has 1 heterocycles. The number of methoxy groups -OCH3 is 1. The van der Waals surface area contributed by atoms with Crippen molar-refractivity contribution in [3.8, 4) is 5.75 Å². The molecule has 6 heteroatoms. The van der Waals surface area contributed by atoms with Crippen LogP contribution in [-0.2, 0) is 9.59 Å². The van der Waals surface area contributed by atoms with E-state index in [0.717, 1.165) is 17.9 Å². The molecule has 2 atom stereocenters. The summed E-state index contributed by atoms with van der Waals surface area (Å²) in [4.78, 5) is 26.4. The fraction of sp³-hybridized carbons (Fsp3) is 0.556. The maximum absolute atomic E-state index is 12.5. The monoisotopic (exact) mass is 333 g/mol. The van der Waals surface area contributed by atoms with Crippen molar-refractivity contribution in [3.63, 3.8) is 0 Å². The van der Waals surface area contributed by atoms with Crippen molar-refractivity contribution in [2.75, 3.05) is 25.1 Å². The van der Waals surface area contributed by atoms with Crippen LogP contribution >= 0.6 is 0 Å². The molecule has 1 aromatic carbocycles. The van der Waals surface area contributed by atoms with E-state index < -0.39 is 0 Å². The van der Waals surface area contributed by atoms with Crippen LogP contribution in [0.2, 0.25) is 0 Å². The van der Waals surface area contributed by atoms with E-state index in [1.165, 1.54) is 0 Å². The summed E-state index contributed by atoms with van der Waals surface area (Å²) < 4.78 is 5.13. The number of hydrogen-bond acceptors (Lipinski definition) is 4. The zero-order valence-electron chi connectivity index (χ0n) is 14.6. The molecule has 3 N–H and O–H groups in total. The first-order chi connectivity index (χ1) is 11.4. The minimum atomic E-state index is -0.333. The number of amides is 2. The SMILES string of the molecule is COc1ccc(N2CC(C(=O)NC(CN)CC(C)C)CC2=O)cc1. The number of carbonyl (C=O) groups is 2. The molecular formula is C18H27N3O3. The third-order valence-electron chi connectivity index (χ3n) is 4.27. The van der Waals surface area contributed by atoms with E-state index in [2.05, 4.69) is 19.2 Å². The second kappa shape index (κ2) is 8.15. The largest absolute Gasteiger partial charge is 0.497 e. The Morgan fingerprint density at radius 3 is 2.58 bits per heavy atom. The van der Waals surface area contributed by atoms with Crippen molar-refractivity contribution in [3.05, 3.63) is 24.3 Å². The Labute approximate surface area is 143 Å². The minimum Gasteiger partial charge on any atom is -0.497 e. The van der Waals surface area contributed by atoms with Crippen molar-refractivity contribution in [1.29, 1.82) is 0 Å². The molecular weight excluding hydrogens is 306 g/mol. The molecule has 1 aliphatic rings. The first-order valence-corrected chi connectivity index (χ1v) is 8.39. The quantitative estimate of drug-likeness (QED) is 0.793. The molecule has 0 aliphatic carbocycles. The van der Waals surface area contributed by atoms with Gasteiger partial charge in [0.2, 0.25) is 11.8 Å². The highest BCUT2D eigenvalue weighted by Gasteiger charge is 2.35. The highest BCUT2D eigenvalue weighted by atomic mass is 16.5. The third-order valence-corrected chi connectivity index (χ3v) is 4.27. The van der Waals surface area contributed by atoms with Gasteiger partial charge in [-0.25, -0.2) is 0 Å². The summed E-state index contributed by atoms with van der Waals surface area (Å²) in [7, 11) is 1.60. The molecule has 1 aromatic rings. The van der Waals surface area contributed by atoms with Crippen LogP contribution in [0.5, 0.6) is 5.75 Å². The highest BCUT2D eigenvalue weighted by molar-refractivity contribution is 6.00. The summed E-state index contributed by atoms with van der Waals surface area (Å²) >= 11 is 0. The number of carbonyl (C=O) groups excluding carboxylic acids is 2. The van der Waals surface area contributed by atoms with Gasteiger partial charge < -0.3 is 20.7 Å². The second-order valence-corrected chi connectivity index (χ2v) is 6.67. The Bertz CT molecular complexity index is 571. The lowest BCUT2D eigenvalue weighted by molar-refractivity contribution is -0.127. The zero-order valence-corrected chi connectivity index (χ0v) is 14.6. The molecule has 1 fully saturated rings. The number of hydrogen-bond donors (Lipinski definition) is 2. The summed E-state index contributed by atoms with van der Waals surface area (Å²) in [6.45, 7) is 5.00. The molecule has 2 unspecified atom stereocenters. The average molecular weight is 333 g/mol.